The Morgan fingerprint density at radius 3 is 2.93 bits per heavy atom. The zero-order chi connectivity index (χ0) is 10.8. The molecule has 6 heteroatoms. The number of carboxylic acid groups (broad SMARTS) is 1. The SMILES string of the molecule is Cn1nccc1-c1ncncc1C(=O)O. The third-order valence-corrected chi connectivity index (χ3v) is 2.01. The fraction of sp³-hybridized carbons (Fsp3) is 0.111. The van der Waals surface area contributed by atoms with E-state index in [2.05, 4.69) is 15.1 Å². The van der Waals surface area contributed by atoms with E-state index in [1.807, 2.05) is 0 Å². The normalized spacial score (nSPS) is 10.2. The van der Waals surface area contributed by atoms with Gasteiger partial charge in [-0.15, -0.1) is 0 Å². The van der Waals surface area contributed by atoms with Crippen LogP contribution < -0.4 is 0 Å². The third kappa shape index (κ3) is 1.56. The second-order valence-electron chi connectivity index (χ2n) is 2.93. The van der Waals surface area contributed by atoms with Gasteiger partial charge in [-0.3, -0.25) is 4.68 Å². The van der Waals surface area contributed by atoms with Crippen LogP contribution in [0, 0.1) is 0 Å². The number of rotatable bonds is 2. The number of aromatic carboxylic acids is 1. The number of carboxylic acids is 1. The van der Waals surface area contributed by atoms with Crippen LogP contribution in [0.1, 0.15) is 10.4 Å². The first-order chi connectivity index (χ1) is 7.20. The van der Waals surface area contributed by atoms with E-state index in [4.69, 9.17) is 5.11 Å². The summed E-state index contributed by atoms with van der Waals surface area (Å²) in [7, 11) is 1.73. The van der Waals surface area contributed by atoms with E-state index in [1.165, 1.54) is 12.5 Å². The van der Waals surface area contributed by atoms with E-state index in [-0.39, 0.29) is 5.56 Å². The molecule has 0 saturated carbocycles. The Morgan fingerprint density at radius 2 is 2.33 bits per heavy atom. The van der Waals surface area contributed by atoms with Crippen LogP contribution in [0.5, 0.6) is 0 Å². The van der Waals surface area contributed by atoms with Crippen LogP contribution in [0.3, 0.4) is 0 Å². The predicted molar refractivity (Wildman–Crippen MR) is 51.2 cm³/mol. The van der Waals surface area contributed by atoms with Gasteiger partial charge >= 0.3 is 5.97 Å². The molecule has 0 aliphatic rings. The molecule has 2 aromatic heterocycles. The summed E-state index contributed by atoms with van der Waals surface area (Å²) in [5.41, 5.74) is 1.09. The zero-order valence-electron chi connectivity index (χ0n) is 7.95. The minimum absolute atomic E-state index is 0.0705. The van der Waals surface area contributed by atoms with Crippen LogP contribution >= 0.6 is 0 Å². The molecule has 0 saturated heterocycles. The summed E-state index contributed by atoms with van der Waals surface area (Å²) in [6.45, 7) is 0. The van der Waals surface area contributed by atoms with Gasteiger partial charge in [0.05, 0.1) is 5.69 Å². The number of aromatic nitrogens is 4. The lowest BCUT2D eigenvalue weighted by atomic mass is 10.2. The lowest BCUT2D eigenvalue weighted by Crippen LogP contribution is -2.05. The molecule has 0 spiro atoms. The second kappa shape index (κ2) is 3.49. The number of nitrogens with zero attached hydrogens (tertiary/aromatic N) is 4. The Balaban J connectivity index is 2.63. The molecule has 0 aromatic carbocycles. The fourth-order valence-electron chi connectivity index (χ4n) is 1.30. The zero-order valence-corrected chi connectivity index (χ0v) is 7.95. The largest absolute Gasteiger partial charge is 0.478 e. The fourth-order valence-corrected chi connectivity index (χ4v) is 1.30. The van der Waals surface area contributed by atoms with Gasteiger partial charge in [-0.25, -0.2) is 14.8 Å². The summed E-state index contributed by atoms with van der Waals surface area (Å²) in [5, 5.41) is 12.9. The van der Waals surface area contributed by atoms with Crippen LogP contribution in [0.2, 0.25) is 0 Å². The van der Waals surface area contributed by atoms with Crippen molar-refractivity contribution in [3.63, 3.8) is 0 Å². The summed E-state index contributed by atoms with van der Waals surface area (Å²) in [5.74, 6) is -1.05. The quantitative estimate of drug-likeness (QED) is 0.773. The second-order valence-corrected chi connectivity index (χ2v) is 2.93. The van der Waals surface area contributed by atoms with Crippen molar-refractivity contribution < 1.29 is 9.90 Å². The van der Waals surface area contributed by atoms with E-state index < -0.39 is 5.97 Å². The number of hydrogen-bond acceptors (Lipinski definition) is 4. The van der Waals surface area contributed by atoms with Gasteiger partial charge in [0.15, 0.2) is 0 Å². The van der Waals surface area contributed by atoms with Crippen LogP contribution in [0.25, 0.3) is 11.4 Å². The lowest BCUT2D eigenvalue weighted by Gasteiger charge is -2.03. The smallest absolute Gasteiger partial charge is 0.339 e. The van der Waals surface area contributed by atoms with Gasteiger partial charge in [-0.1, -0.05) is 0 Å². The summed E-state index contributed by atoms with van der Waals surface area (Å²) < 4.78 is 1.56. The number of aryl methyl sites for hydroxylation is 1. The van der Waals surface area contributed by atoms with Gasteiger partial charge in [0, 0.05) is 19.4 Å². The Labute approximate surface area is 85.2 Å². The van der Waals surface area contributed by atoms with Crippen LogP contribution in [-0.2, 0) is 7.05 Å². The highest BCUT2D eigenvalue weighted by atomic mass is 16.4. The molecule has 0 aliphatic carbocycles. The maximum absolute atomic E-state index is 10.9. The monoisotopic (exact) mass is 204 g/mol. The minimum atomic E-state index is -1.05. The molecular formula is C9H8N4O2. The highest BCUT2D eigenvalue weighted by Crippen LogP contribution is 2.18. The molecule has 1 N–H and O–H groups in total. The Kier molecular flexibility index (Phi) is 2.17. The van der Waals surface area contributed by atoms with E-state index in [9.17, 15) is 4.79 Å². The minimum Gasteiger partial charge on any atom is -0.478 e. The maximum atomic E-state index is 10.9. The molecule has 0 aliphatic heterocycles. The summed E-state index contributed by atoms with van der Waals surface area (Å²) in [6.07, 6.45) is 4.18. The van der Waals surface area contributed by atoms with Crippen molar-refractivity contribution in [1.82, 2.24) is 19.7 Å². The van der Waals surface area contributed by atoms with E-state index in [0.717, 1.165) is 0 Å². The first-order valence-corrected chi connectivity index (χ1v) is 4.22. The van der Waals surface area contributed by atoms with Gasteiger partial charge in [0.1, 0.15) is 17.6 Å². The average molecular weight is 204 g/mol. The summed E-state index contributed by atoms with van der Waals surface area (Å²) in [6, 6.07) is 1.70. The average Bonchev–Trinajstić information content (AvgIpc) is 2.64. The molecule has 2 heterocycles. The highest BCUT2D eigenvalue weighted by molar-refractivity contribution is 5.93. The molecule has 6 nitrogen and oxygen atoms in total. The first kappa shape index (κ1) is 9.32. The van der Waals surface area contributed by atoms with Crippen molar-refractivity contribution >= 4 is 5.97 Å². The highest BCUT2D eigenvalue weighted by Gasteiger charge is 2.15. The van der Waals surface area contributed by atoms with Gasteiger partial charge in [0.2, 0.25) is 0 Å². The molecule has 0 bridgehead atoms. The lowest BCUT2D eigenvalue weighted by molar-refractivity contribution is 0.0697. The van der Waals surface area contributed by atoms with Gasteiger partial charge in [0.25, 0.3) is 0 Å². The van der Waals surface area contributed by atoms with E-state index in [1.54, 1.807) is 24.0 Å². The van der Waals surface area contributed by atoms with Crippen molar-refractivity contribution in [3.05, 3.63) is 30.4 Å². The van der Waals surface area contributed by atoms with Crippen LogP contribution in [0.4, 0.5) is 0 Å². The number of carbonyl (C=O) groups is 1. The van der Waals surface area contributed by atoms with Gasteiger partial charge < -0.3 is 5.11 Å². The molecule has 2 rings (SSSR count). The molecule has 2 aromatic rings. The molecule has 0 atom stereocenters. The summed E-state index contributed by atoms with van der Waals surface area (Å²) >= 11 is 0. The Bertz CT molecular complexity index is 506. The van der Waals surface area contributed by atoms with Gasteiger partial charge in [-0.05, 0) is 6.07 Å². The van der Waals surface area contributed by atoms with Crippen molar-refractivity contribution in [3.8, 4) is 11.4 Å². The molecule has 76 valence electrons. The van der Waals surface area contributed by atoms with Crippen molar-refractivity contribution in [2.24, 2.45) is 7.05 Å². The molecule has 0 unspecified atom stereocenters. The van der Waals surface area contributed by atoms with Crippen molar-refractivity contribution in [1.29, 1.82) is 0 Å². The van der Waals surface area contributed by atoms with Crippen molar-refractivity contribution in [2.75, 3.05) is 0 Å². The van der Waals surface area contributed by atoms with E-state index in [0.29, 0.717) is 11.4 Å². The Hall–Kier alpha value is -2.24. The van der Waals surface area contributed by atoms with Crippen molar-refractivity contribution in [2.45, 2.75) is 0 Å². The van der Waals surface area contributed by atoms with E-state index >= 15 is 0 Å². The Morgan fingerprint density at radius 1 is 1.53 bits per heavy atom. The molecule has 0 amide bonds. The topological polar surface area (TPSA) is 80.9 Å². The third-order valence-electron chi connectivity index (χ3n) is 2.01. The van der Waals surface area contributed by atoms with Gasteiger partial charge in [-0.2, -0.15) is 5.10 Å². The van der Waals surface area contributed by atoms with Crippen LogP contribution in [0.15, 0.2) is 24.8 Å². The molecular weight excluding hydrogens is 196 g/mol. The number of hydrogen-bond donors (Lipinski definition) is 1. The predicted octanol–water partition coefficient (Wildman–Crippen LogP) is 0.575. The standard InChI is InChI=1S/C9H8N4O2/c1-13-7(2-3-12-13)8-6(9(14)15)4-10-5-11-8/h2-5H,1H3,(H,14,15). The molecule has 0 radical (unpaired) electrons. The first-order valence-electron chi connectivity index (χ1n) is 4.22. The molecule has 15 heavy (non-hydrogen) atoms. The molecule has 0 fully saturated rings. The maximum Gasteiger partial charge on any atom is 0.339 e. The summed E-state index contributed by atoms with van der Waals surface area (Å²) in [4.78, 5) is 18.6. The van der Waals surface area contributed by atoms with Crippen LogP contribution in [-0.4, -0.2) is 30.8 Å².